The largest absolute Gasteiger partial charge is 0.331 e. The second-order valence-corrected chi connectivity index (χ2v) is 8.02. The molecule has 0 bridgehead atoms. The summed E-state index contributed by atoms with van der Waals surface area (Å²) in [5.74, 6) is 1.23. The van der Waals surface area contributed by atoms with Crippen LogP contribution in [-0.4, -0.2) is 41.8 Å². The van der Waals surface area contributed by atoms with Gasteiger partial charge in [-0.15, -0.1) is 0 Å². The minimum absolute atomic E-state index is 0.0450. The lowest BCUT2D eigenvalue weighted by molar-refractivity contribution is 0.211. The summed E-state index contributed by atoms with van der Waals surface area (Å²) in [6.45, 7) is 3.66. The molecule has 0 aliphatic carbocycles. The summed E-state index contributed by atoms with van der Waals surface area (Å²) in [5.41, 5.74) is 3.04. The van der Waals surface area contributed by atoms with E-state index in [1.807, 2.05) is 18.3 Å². The molecule has 0 aromatic carbocycles. The smallest absolute Gasteiger partial charge is 0.266 e. The standard InChI is InChI=1S/C22H26N6O/c29-22-7-6-20(17-8-10-23-11-9-17)25-28(22)16-18-4-3-12-26(18)15-19-14-24-21-5-1-2-13-27(19)21/h6-11,14,18H,1-5,12-13,15-16H2. The fourth-order valence-corrected chi connectivity index (χ4v) is 4.58. The Kier molecular flexibility index (Phi) is 4.97. The van der Waals surface area contributed by atoms with Gasteiger partial charge in [0.1, 0.15) is 5.82 Å². The maximum absolute atomic E-state index is 12.5. The first-order valence-corrected chi connectivity index (χ1v) is 10.5. The van der Waals surface area contributed by atoms with E-state index in [-0.39, 0.29) is 5.56 Å². The predicted molar refractivity (Wildman–Crippen MR) is 110 cm³/mol. The van der Waals surface area contributed by atoms with E-state index in [0.717, 1.165) is 50.2 Å². The monoisotopic (exact) mass is 390 g/mol. The van der Waals surface area contributed by atoms with E-state index in [0.29, 0.717) is 12.6 Å². The topological polar surface area (TPSA) is 68.8 Å². The lowest BCUT2D eigenvalue weighted by Crippen LogP contribution is -2.37. The van der Waals surface area contributed by atoms with Gasteiger partial charge in [0.05, 0.1) is 17.9 Å². The lowest BCUT2D eigenvalue weighted by Gasteiger charge is -2.26. The van der Waals surface area contributed by atoms with E-state index in [4.69, 9.17) is 0 Å². The summed E-state index contributed by atoms with van der Waals surface area (Å²) < 4.78 is 4.03. The molecule has 29 heavy (non-hydrogen) atoms. The molecule has 1 unspecified atom stereocenters. The first-order valence-electron chi connectivity index (χ1n) is 10.5. The van der Waals surface area contributed by atoms with Gasteiger partial charge in [-0.3, -0.25) is 14.7 Å². The van der Waals surface area contributed by atoms with Crippen LogP contribution < -0.4 is 5.56 Å². The van der Waals surface area contributed by atoms with Crippen molar-refractivity contribution in [2.45, 2.75) is 57.8 Å². The molecule has 150 valence electrons. The zero-order valence-electron chi connectivity index (χ0n) is 16.6. The molecule has 0 N–H and O–H groups in total. The molecule has 5 rings (SSSR count). The summed E-state index contributed by atoms with van der Waals surface area (Å²) in [6, 6.07) is 7.57. The van der Waals surface area contributed by atoms with E-state index >= 15 is 0 Å². The number of pyridine rings is 1. The van der Waals surface area contributed by atoms with Gasteiger partial charge in [-0.05, 0) is 50.4 Å². The molecule has 0 spiro atoms. The van der Waals surface area contributed by atoms with Crippen LogP contribution in [0.1, 0.15) is 37.2 Å². The Hall–Kier alpha value is -2.80. The zero-order valence-corrected chi connectivity index (χ0v) is 16.6. The van der Waals surface area contributed by atoms with Crippen LogP contribution in [0.4, 0.5) is 0 Å². The van der Waals surface area contributed by atoms with Gasteiger partial charge in [-0.25, -0.2) is 9.67 Å². The molecular formula is C22H26N6O. The lowest BCUT2D eigenvalue weighted by atomic mass is 10.1. The fraction of sp³-hybridized carbons (Fsp3) is 0.455. The number of hydrogen-bond donors (Lipinski definition) is 0. The highest BCUT2D eigenvalue weighted by Crippen LogP contribution is 2.24. The minimum Gasteiger partial charge on any atom is -0.331 e. The molecule has 2 aliphatic heterocycles. The molecule has 3 aromatic rings. The summed E-state index contributed by atoms with van der Waals surface area (Å²) in [6.07, 6.45) is 11.4. The third-order valence-electron chi connectivity index (χ3n) is 6.14. The van der Waals surface area contributed by atoms with Crippen LogP contribution in [-0.2, 0) is 26.1 Å². The van der Waals surface area contributed by atoms with Crippen molar-refractivity contribution in [2.75, 3.05) is 6.54 Å². The summed E-state index contributed by atoms with van der Waals surface area (Å²) in [7, 11) is 0. The number of fused-ring (bicyclic) bond motifs is 1. The van der Waals surface area contributed by atoms with Gasteiger partial charge in [0, 0.05) is 55.8 Å². The molecule has 5 heterocycles. The van der Waals surface area contributed by atoms with E-state index in [2.05, 4.69) is 24.5 Å². The van der Waals surface area contributed by atoms with Crippen molar-refractivity contribution in [1.82, 2.24) is 29.2 Å². The second kappa shape index (κ2) is 7.91. The van der Waals surface area contributed by atoms with Crippen molar-refractivity contribution >= 4 is 0 Å². The van der Waals surface area contributed by atoms with Gasteiger partial charge >= 0.3 is 0 Å². The molecule has 1 atom stereocenters. The van der Waals surface area contributed by atoms with Crippen LogP contribution in [0.15, 0.2) is 47.7 Å². The van der Waals surface area contributed by atoms with Crippen molar-refractivity contribution in [1.29, 1.82) is 0 Å². The Morgan fingerprint density at radius 2 is 1.93 bits per heavy atom. The van der Waals surface area contributed by atoms with Gasteiger partial charge in [-0.2, -0.15) is 5.10 Å². The quantitative estimate of drug-likeness (QED) is 0.670. The molecule has 0 saturated carbocycles. The summed E-state index contributed by atoms with van der Waals surface area (Å²) >= 11 is 0. The van der Waals surface area contributed by atoms with Crippen LogP contribution in [0, 0.1) is 0 Å². The van der Waals surface area contributed by atoms with Crippen molar-refractivity contribution in [3.8, 4) is 11.3 Å². The number of rotatable bonds is 5. The third kappa shape index (κ3) is 3.74. The molecule has 3 aromatic heterocycles. The zero-order chi connectivity index (χ0) is 19.6. The Labute approximate surface area is 170 Å². The normalized spacial score (nSPS) is 19.4. The Balaban J connectivity index is 1.35. The van der Waals surface area contributed by atoms with Crippen LogP contribution in [0.25, 0.3) is 11.3 Å². The first-order chi connectivity index (χ1) is 14.3. The van der Waals surface area contributed by atoms with Crippen molar-refractivity contribution < 1.29 is 0 Å². The summed E-state index contributed by atoms with van der Waals surface area (Å²) in [4.78, 5) is 23.6. The predicted octanol–water partition coefficient (Wildman–Crippen LogP) is 2.50. The SMILES string of the molecule is O=c1ccc(-c2ccncc2)nn1CC1CCCN1Cc1cnc2n1CCCC2. The number of likely N-dealkylation sites (tertiary alicyclic amines) is 1. The molecule has 2 aliphatic rings. The van der Waals surface area contributed by atoms with Gasteiger partial charge in [0.15, 0.2) is 0 Å². The minimum atomic E-state index is -0.0450. The van der Waals surface area contributed by atoms with Crippen molar-refractivity contribution in [2.24, 2.45) is 0 Å². The average molecular weight is 390 g/mol. The van der Waals surface area contributed by atoms with Gasteiger partial charge < -0.3 is 4.57 Å². The van der Waals surface area contributed by atoms with Crippen molar-refractivity contribution in [3.63, 3.8) is 0 Å². The maximum Gasteiger partial charge on any atom is 0.266 e. The van der Waals surface area contributed by atoms with Crippen LogP contribution in [0.5, 0.6) is 0 Å². The fourth-order valence-electron chi connectivity index (χ4n) is 4.58. The van der Waals surface area contributed by atoms with Crippen LogP contribution in [0.2, 0.25) is 0 Å². The molecule has 7 heteroatoms. The highest BCUT2D eigenvalue weighted by Gasteiger charge is 2.27. The molecule has 0 radical (unpaired) electrons. The Morgan fingerprint density at radius 3 is 2.83 bits per heavy atom. The molecule has 1 saturated heterocycles. The van der Waals surface area contributed by atoms with Gasteiger partial charge in [0.2, 0.25) is 0 Å². The van der Waals surface area contributed by atoms with Gasteiger partial charge in [0.25, 0.3) is 5.56 Å². The van der Waals surface area contributed by atoms with Crippen LogP contribution in [0.3, 0.4) is 0 Å². The number of imidazole rings is 1. The number of hydrogen-bond acceptors (Lipinski definition) is 5. The Bertz CT molecular complexity index is 1040. The molecular weight excluding hydrogens is 364 g/mol. The van der Waals surface area contributed by atoms with E-state index in [1.165, 1.54) is 24.4 Å². The third-order valence-corrected chi connectivity index (χ3v) is 6.14. The van der Waals surface area contributed by atoms with E-state index in [1.54, 1.807) is 29.2 Å². The average Bonchev–Trinajstić information content (AvgIpc) is 3.38. The Morgan fingerprint density at radius 1 is 1.03 bits per heavy atom. The number of aryl methyl sites for hydroxylation is 1. The van der Waals surface area contributed by atoms with Crippen molar-refractivity contribution in [3.05, 3.63) is 64.7 Å². The highest BCUT2D eigenvalue weighted by molar-refractivity contribution is 5.56. The maximum atomic E-state index is 12.5. The number of aromatic nitrogens is 5. The van der Waals surface area contributed by atoms with E-state index < -0.39 is 0 Å². The number of nitrogens with zero attached hydrogens (tertiary/aromatic N) is 6. The van der Waals surface area contributed by atoms with E-state index in [9.17, 15) is 4.79 Å². The highest BCUT2D eigenvalue weighted by atomic mass is 16.1. The molecule has 7 nitrogen and oxygen atoms in total. The molecule has 1 fully saturated rings. The van der Waals surface area contributed by atoms with Gasteiger partial charge in [-0.1, -0.05) is 0 Å². The second-order valence-electron chi connectivity index (χ2n) is 8.02. The summed E-state index contributed by atoms with van der Waals surface area (Å²) in [5, 5.41) is 4.64. The first kappa shape index (κ1) is 18.2. The van der Waals surface area contributed by atoms with Crippen LogP contribution >= 0.6 is 0 Å². The molecule has 0 amide bonds.